The zero-order valence-corrected chi connectivity index (χ0v) is 10.5. The monoisotopic (exact) mass is 288 g/mol. The molecule has 0 fully saturated rings. The predicted molar refractivity (Wildman–Crippen MR) is 66.6 cm³/mol. The molecule has 18 heavy (non-hydrogen) atoms. The summed E-state index contributed by atoms with van der Waals surface area (Å²) in [6.07, 6.45) is 1.28. The van der Waals surface area contributed by atoms with E-state index in [1.807, 2.05) is 0 Å². The first-order valence-electron chi connectivity index (χ1n) is 5.00. The number of hydrogen-bond donors (Lipinski definition) is 1. The van der Waals surface area contributed by atoms with Crippen molar-refractivity contribution in [3.8, 4) is 0 Å². The highest BCUT2D eigenvalue weighted by molar-refractivity contribution is 6.30. The van der Waals surface area contributed by atoms with E-state index in [2.05, 4.69) is 4.98 Å². The molecular formula is C12H8Cl2F2N2. The molecule has 1 atom stereocenters. The smallest absolute Gasteiger partial charge is 0.148 e. The molecule has 6 heteroatoms. The first-order valence-corrected chi connectivity index (χ1v) is 5.76. The number of rotatable bonds is 2. The minimum absolute atomic E-state index is 0.00104. The van der Waals surface area contributed by atoms with Crippen LogP contribution in [0.3, 0.4) is 0 Å². The Hall–Kier alpha value is -1.23. The van der Waals surface area contributed by atoms with Crippen LogP contribution >= 0.6 is 23.2 Å². The maximum Gasteiger partial charge on any atom is 0.148 e. The van der Waals surface area contributed by atoms with E-state index in [1.165, 1.54) is 18.3 Å². The lowest BCUT2D eigenvalue weighted by atomic mass is 10.0. The Morgan fingerprint density at radius 3 is 2.44 bits per heavy atom. The maximum atomic E-state index is 13.6. The number of nitrogens with zero attached hydrogens (tertiary/aromatic N) is 1. The van der Waals surface area contributed by atoms with Crippen molar-refractivity contribution in [3.63, 3.8) is 0 Å². The Morgan fingerprint density at radius 1 is 1.11 bits per heavy atom. The van der Waals surface area contributed by atoms with Gasteiger partial charge in [0.1, 0.15) is 11.6 Å². The van der Waals surface area contributed by atoms with Gasteiger partial charge in [-0.25, -0.2) is 8.78 Å². The first kappa shape index (κ1) is 13.2. The molecule has 1 aromatic carbocycles. The second kappa shape index (κ2) is 5.18. The van der Waals surface area contributed by atoms with Gasteiger partial charge in [-0.15, -0.1) is 0 Å². The van der Waals surface area contributed by atoms with E-state index >= 15 is 0 Å². The van der Waals surface area contributed by atoms with Crippen LogP contribution in [-0.4, -0.2) is 4.98 Å². The minimum atomic E-state index is -0.881. The summed E-state index contributed by atoms with van der Waals surface area (Å²) in [5, 5.41) is 0.154. The van der Waals surface area contributed by atoms with Gasteiger partial charge < -0.3 is 5.73 Å². The summed E-state index contributed by atoms with van der Waals surface area (Å²) in [4.78, 5) is 3.82. The van der Waals surface area contributed by atoms with E-state index in [9.17, 15) is 8.78 Å². The van der Waals surface area contributed by atoms with Crippen LogP contribution < -0.4 is 5.73 Å². The summed E-state index contributed by atoms with van der Waals surface area (Å²) in [5.41, 5.74) is 6.21. The third-order valence-electron chi connectivity index (χ3n) is 2.43. The van der Waals surface area contributed by atoms with Gasteiger partial charge in [0.2, 0.25) is 0 Å². The van der Waals surface area contributed by atoms with Gasteiger partial charge in [-0.05, 0) is 23.8 Å². The predicted octanol–water partition coefficient (Wildman–Crippen LogP) is 3.71. The van der Waals surface area contributed by atoms with E-state index in [-0.39, 0.29) is 15.7 Å². The Bertz CT molecular complexity index is 590. The quantitative estimate of drug-likeness (QED) is 0.915. The van der Waals surface area contributed by atoms with Crippen LogP contribution in [0.2, 0.25) is 10.0 Å². The summed E-state index contributed by atoms with van der Waals surface area (Å²) in [7, 11) is 0. The summed E-state index contributed by atoms with van der Waals surface area (Å²) < 4.78 is 26.9. The third-order valence-corrected chi connectivity index (χ3v) is 2.95. The largest absolute Gasteiger partial charge is 0.319 e. The van der Waals surface area contributed by atoms with Crippen LogP contribution in [0.5, 0.6) is 0 Å². The van der Waals surface area contributed by atoms with Crippen LogP contribution in [0.15, 0.2) is 30.5 Å². The number of nitrogens with two attached hydrogens (primary N) is 1. The normalized spacial score (nSPS) is 12.5. The molecule has 0 aliphatic rings. The van der Waals surface area contributed by atoms with Gasteiger partial charge in [-0.3, -0.25) is 4.98 Å². The van der Waals surface area contributed by atoms with Crippen molar-refractivity contribution in [2.24, 2.45) is 5.73 Å². The average Bonchev–Trinajstić information content (AvgIpc) is 2.32. The van der Waals surface area contributed by atoms with Gasteiger partial charge in [0.05, 0.1) is 21.8 Å². The average molecular weight is 289 g/mol. The lowest BCUT2D eigenvalue weighted by molar-refractivity contribution is 0.583. The Kier molecular flexibility index (Phi) is 3.80. The number of aromatic nitrogens is 1. The molecule has 94 valence electrons. The standard InChI is InChI=1S/C12H8Cl2F2N2/c13-7-4-10(16)12(18-5-7)11(17)6-1-2-8(14)9(15)3-6/h1-5,11H,17H2/t11-/m1/s1. The van der Waals surface area contributed by atoms with Gasteiger partial charge in [-0.1, -0.05) is 29.3 Å². The van der Waals surface area contributed by atoms with Crippen LogP contribution in [0.4, 0.5) is 8.78 Å². The molecule has 2 rings (SSSR count). The zero-order valence-electron chi connectivity index (χ0n) is 9.00. The van der Waals surface area contributed by atoms with Crippen molar-refractivity contribution >= 4 is 23.2 Å². The maximum absolute atomic E-state index is 13.6. The van der Waals surface area contributed by atoms with E-state index in [4.69, 9.17) is 28.9 Å². The topological polar surface area (TPSA) is 38.9 Å². The van der Waals surface area contributed by atoms with Gasteiger partial charge in [-0.2, -0.15) is 0 Å². The van der Waals surface area contributed by atoms with Crippen molar-refractivity contribution in [1.29, 1.82) is 0 Å². The molecule has 0 radical (unpaired) electrons. The molecule has 0 aliphatic heterocycles. The number of benzene rings is 1. The van der Waals surface area contributed by atoms with Crippen molar-refractivity contribution < 1.29 is 8.78 Å². The van der Waals surface area contributed by atoms with Gasteiger partial charge >= 0.3 is 0 Å². The van der Waals surface area contributed by atoms with E-state index in [0.29, 0.717) is 5.56 Å². The lowest BCUT2D eigenvalue weighted by Crippen LogP contribution is -2.15. The van der Waals surface area contributed by atoms with Crippen molar-refractivity contribution in [3.05, 3.63) is 63.4 Å². The third kappa shape index (κ3) is 2.61. The van der Waals surface area contributed by atoms with E-state index < -0.39 is 17.7 Å². The fourth-order valence-corrected chi connectivity index (χ4v) is 1.78. The molecule has 2 aromatic rings. The van der Waals surface area contributed by atoms with Gasteiger partial charge in [0, 0.05) is 6.20 Å². The van der Waals surface area contributed by atoms with Crippen LogP contribution in [0.25, 0.3) is 0 Å². The van der Waals surface area contributed by atoms with Crippen molar-refractivity contribution in [1.82, 2.24) is 4.98 Å². The fourth-order valence-electron chi connectivity index (χ4n) is 1.52. The summed E-state index contributed by atoms with van der Waals surface area (Å²) >= 11 is 11.2. The Morgan fingerprint density at radius 2 is 1.83 bits per heavy atom. The molecule has 2 N–H and O–H groups in total. The summed E-state index contributed by atoms with van der Waals surface area (Å²) in [5.74, 6) is -1.25. The molecule has 0 spiro atoms. The highest BCUT2D eigenvalue weighted by Crippen LogP contribution is 2.25. The minimum Gasteiger partial charge on any atom is -0.319 e. The molecule has 0 aliphatic carbocycles. The van der Waals surface area contributed by atoms with Crippen LogP contribution in [-0.2, 0) is 0 Å². The SMILES string of the molecule is N[C@H](c1ccc(Cl)c(F)c1)c1ncc(Cl)cc1F. The highest BCUT2D eigenvalue weighted by atomic mass is 35.5. The van der Waals surface area contributed by atoms with Crippen LogP contribution in [0, 0.1) is 11.6 Å². The van der Waals surface area contributed by atoms with Gasteiger partial charge in [0.15, 0.2) is 0 Å². The highest BCUT2D eigenvalue weighted by Gasteiger charge is 2.16. The van der Waals surface area contributed by atoms with Crippen LogP contribution in [0.1, 0.15) is 17.3 Å². The number of pyridine rings is 1. The molecule has 0 bridgehead atoms. The molecule has 1 heterocycles. The zero-order chi connectivity index (χ0) is 13.3. The molecule has 0 amide bonds. The Balaban J connectivity index is 2.41. The van der Waals surface area contributed by atoms with Gasteiger partial charge in [0.25, 0.3) is 0 Å². The van der Waals surface area contributed by atoms with Crippen molar-refractivity contribution in [2.45, 2.75) is 6.04 Å². The second-order valence-electron chi connectivity index (χ2n) is 3.67. The lowest BCUT2D eigenvalue weighted by Gasteiger charge is -2.12. The summed E-state index contributed by atoms with van der Waals surface area (Å²) in [6.45, 7) is 0. The Labute approximate surface area is 112 Å². The molecular weight excluding hydrogens is 281 g/mol. The number of halogens is 4. The van der Waals surface area contributed by atoms with E-state index in [0.717, 1.165) is 12.1 Å². The van der Waals surface area contributed by atoms with Crippen molar-refractivity contribution in [2.75, 3.05) is 0 Å². The summed E-state index contributed by atoms with van der Waals surface area (Å²) in [6, 6.07) is 4.26. The molecule has 2 nitrogen and oxygen atoms in total. The molecule has 0 saturated carbocycles. The molecule has 0 saturated heterocycles. The fraction of sp³-hybridized carbons (Fsp3) is 0.0833. The van der Waals surface area contributed by atoms with E-state index in [1.54, 1.807) is 0 Å². The second-order valence-corrected chi connectivity index (χ2v) is 4.52. The molecule has 1 aromatic heterocycles. The molecule has 0 unspecified atom stereocenters. The number of hydrogen-bond acceptors (Lipinski definition) is 2. The first-order chi connectivity index (χ1) is 8.49.